The molecule has 4 aromatic carbocycles. The number of aryl methyl sites for hydroxylation is 1. The van der Waals surface area contributed by atoms with Crippen molar-refractivity contribution in [1.29, 1.82) is 0 Å². The normalized spacial score (nSPS) is 29.4. The van der Waals surface area contributed by atoms with E-state index in [1.54, 1.807) is 6.92 Å². The van der Waals surface area contributed by atoms with Gasteiger partial charge in [-0.3, -0.25) is 9.97 Å². The lowest BCUT2D eigenvalue weighted by molar-refractivity contribution is -0.139. The van der Waals surface area contributed by atoms with Crippen LogP contribution in [0.15, 0.2) is 169 Å². The largest absolute Gasteiger partial charge is 0.494 e. The van der Waals surface area contributed by atoms with E-state index < -0.39 is 5.41 Å². The zero-order valence-corrected chi connectivity index (χ0v) is 72.5. The highest BCUT2D eigenvalue weighted by Crippen LogP contribution is 2.81. The maximum absolute atomic E-state index is 11.6. The molecular formula is C107H123N7O4. The zero-order chi connectivity index (χ0) is 81.5. The molecular weight excluding hydrogens is 1450 g/mol. The van der Waals surface area contributed by atoms with Gasteiger partial charge in [0.2, 0.25) is 5.89 Å². The van der Waals surface area contributed by atoms with Crippen LogP contribution in [0.5, 0.6) is 5.75 Å². The first-order chi connectivity index (χ1) is 57.0. The zero-order valence-electron chi connectivity index (χ0n) is 72.5. The number of esters is 1. The Morgan fingerprint density at radius 2 is 0.831 bits per heavy atom. The third-order valence-corrected chi connectivity index (χ3v) is 32.7. The molecule has 9 aliphatic carbocycles. The van der Waals surface area contributed by atoms with Gasteiger partial charge in [-0.15, -0.1) is 0 Å². The SMILES string of the molecule is C=C(C)C(=O)OCCCCCCCCCCOc1ccc(-c2cnc(-c3ccc4c(c3)C3(c5cc(-c6ccc(-c7ncc(-c8ccc9c(n8)C8(c%10nc(-c%11ccc%12c(n%11)C%11(c%13nc(C)ccc%13-%12)C%12(C)CC(CCC)CC%11(C)CC(CCC)C%12)ccc%10-9)C9(C)CC(CC)CC8(C)CC(CC)C9)cn7)cc6)ccc5-4)C4(C)CCC3(C)CC4)o2)cc1. The summed E-state index contributed by atoms with van der Waals surface area (Å²) in [6.07, 6.45) is 36.5. The molecule has 10 aromatic rings. The van der Waals surface area contributed by atoms with E-state index in [-0.39, 0.29) is 49.3 Å². The Kier molecular flexibility index (Phi) is 19.7. The first-order valence-corrected chi connectivity index (χ1v) is 45.8. The third kappa shape index (κ3) is 11.9. The van der Waals surface area contributed by atoms with Gasteiger partial charge in [0, 0.05) is 73.6 Å². The monoisotopic (exact) mass is 1570 g/mol. The number of nitrogens with zero attached hydrogens (tertiary/aromatic N) is 7. The summed E-state index contributed by atoms with van der Waals surface area (Å²) in [6, 6.07) is 50.2. The minimum absolute atomic E-state index is 0.000219. The van der Waals surface area contributed by atoms with Crippen molar-refractivity contribution >= 4 is 5.97 Å². The number of unbranched alkanes of at least 4 members (excludes halogenated alkanes) is 7. The maximum Gasteiger partial charge on any atom is 0.333 e. The van der Waals surface area contributed by atoms with E-state index >= 15 is 0 Å². The fraction of sp³-hybridized carbons (Fsp3) is 0.495. The van der Waals surface area contributed by atoms with Gasteiger partial charge < -0.3 is 13.9 Å². The van der Waals surface area contributed by atoms with Crippen molar-refractivity contribution < 1.29 is 18.7 Å². The Hall–Kier alpha value is -9.22. The fourth-order valence-electron chi connectivity index (χ4n) is 28.3. The van der Waals surface area contributed by atoms with Crippen molar-refractivity contribution in [3.63, 3.8) is 0 Å². The van der Waals surface area contributed by atoms with Gasteiger partial charge in [-0.25, -0.2) is 29.7 Å². The number of hydrogen-bond donors (Lipinski definition) is 0. The molecule has 3 spiro atoms. The van der Waals surface area contributed by atoms with E-state index in [4.69, 9.17) is 48.8 Å². The second kappa shape index (κ2) is 29.6. The average Bonchev–Trinajstić information content (AvgIpc) is 1.45. The van der Waals surface area contributed by atoms with Gasteiger partial charge in [0.25, 0.3) is 0 Å². The van der Waals surface area contributed by atoms with Crippen LogP contribution in [0.25, 0.3) is 101 Å². The van der Waals surface area contributed by atoms with Crippen molar-refractivity contribution in [3.05, 3.63) is 204 Å². The van der Waals surface area contributed by atoms with E-state index in [0.29, 0.717) is 54.2 Å². The minimum atomic E-state index is -0.441. The van der Waals surface area contributed by atoms with Crippen LogP contribution in [0.3, 0.4) is 0 Å². The molecule has 118 heavy (non-hydrogen) atoms. The van der Waals surface area contributed by atoms with Crippen LogP contribution in [0.4, 0.5) is 0 Å². The van der Waals surface area contributed by atoms with Crippen LogP contribution >= 0.6 is 0 Å². The molecule has 0 saturated heterocycles. The molecule has 9 aliphatic rings. The van der Waals surface area contributed by atoms with Crippen molar-refractivity contribution in [2.24, 2.45) is 56.2 Å². The third-order valence-electron chi connectivity index (χ3n) is 32.7. The van der Waals surface area contributed by atoms with E-state index in [0.717, 1.165) is 114 Å². The molecule has 0 aliphatic heterocycles. The second-order valence-electron chi connectivity index (χ2n) is 40.3. The Morgan fingerprint density at radius 1 is 0.415 bits per heavy atom. The molecule has 11 heteroatoms. The lowest BCUT2D eigenvalue weighted by Crippen LogP contribution is -2.64. The predicted molar refractivity (Wildman–Crippen MR) is 476 cm³/mol. The van der Waals surface area contributed by atoms with Crippen LogP contribution in [0, 0.1) is 63.1 Å². The Labute approximate surface area is 701 Å². The first-order valence-electron chi connectivity index (χ1n) is 45.8. The van der Waals surface area contributed by atoms with Crippen molar-refractivity contribution in [2.45, 2.75) is 266 Å². The van der Waals surface area contributed by atoms with E-state index in [1.165, 1.54) is 188 Å². The van der Waals surface area contributed by atoms with Crippen molar-refractivity contribution in [2.75, 3.05) is 13.2 Å². The molecule has 0 N–H and O–H groups in total. The van der Waals surface area contributed by atoms with Gasteiger partial charge >= 0.3 is 5.97 Å². The quantitative estimate of drug-likeness (QED) is 0.0307. The standard InChI is InChI=1S/C107H123N7O4/c1-14-26-71-60-103(12)62-72(27-15-2)63-104(13,61-71)106(103)92-82(39-28-68(7)111-92)84-43-46-89(113-94(84)106)90-47-44-85-83-42-45-88(112-93(83)107(95(85)114-90)101(10)56-69(16-3)57-102(107,11)59-70(17-4)58-101)78-64-108-96(109-65-78)75-31-29-73(30-32-75)76-35-40-80-81-41-36-77(55-87(81)105(86(80)54-76)99(8)48-50-100(105,9)51-49-99)97-110-66-91(118-97)74-33-37-79(38-34-74)116-52-24-22-20-18-19-21-23-25-53-117-98(115)67(5)6/h28-47,54-55,64-66,69-72H,5,14-27,48-53,56-63H2,1-4,6-13H3. The lowest BCUT2D eigenvalue weighted by atomic mass is 9.36. The van der Waals surface area contributed by atoms with Gasteiger partial charge in [0.15, 0.2) is 11.6 Å². The number of oxazole rings is 1. The topological polar surface area (TPSA) is 139 Å². The van der Waals surface area contributed by atoms with Crippen molar-refractivity contribution in [3.8, 4) is 107 Å². The van der Waals surface area contributed by atoms with E-state index in [9.17, 15) is 4.79 Å². The molecule has 610 valence electrons. The molecule has 19 rings (SSSR count). The molecule has 6 fully saturated rings. The summed E-state index contributed by atoms with van der Waals surface area (Å²) in [6.45, 7) is 34.2. The molecule has 6 saturated carbocycles. The number of aromatic nitrogens is 7. The van der Waals surface area contributed by atoms with Gasteiger partial charge in [-0.2, -0.15) is 0 Å². The van der Waals surface area contributed by atoms with Crippen LogP contribution in [0.2, 0.25) is 0 Å². The number of rotatable bonds is 25. The van der Waals surface area contributed by atoms with Crippen LogP contribution in [-0.2, 0) is 25.8 Å². The summed E-state index contributed by atoms with van der Waals surface area (Å²) in [4.78, 5) is 51.0. The number of pyridine rings is 4. The summed E-state index contributed by atoms with van der Waals surface area (Å²) in [5, 5.41) is 0. The smallest absolute Gasteiger partial charge is 0.333 e. The molecule has 0 radical (unpaired) electrons. The lowest BCUT2D eigenvalue weighted by Gasteiger charge is -2.67. The highest BCUT2D eigenvalue weighted by atomic mass is 16.5. The van der Waals surface area contributed by atoms with Crippen LogP contribution in [0.1, 0.15) is 283 Å². The van der Waals surface area contributed by atoms with Gasteiger partial charge in [0.1, 0.15) is 5.75 Å². The maximum atomic E-state index is 11.6. The number of hydrogen-bond acceptors (Lipinski definition) is 11. The molecule has 11 nitrogen and oxygen atoms in total. The number of ether oxygens (including phenoxy) is 2. The molecule has 6 aromatic heterocycles. The van der Waals surface area contributed by atoms with Gasteiger partial charge in [-0.1, -0.05) is 220 Å². The number of carbonyl (C=O) groups excluding carboxylic acids is 1. The summed E-state index contributed by atoms with van der Waals surface area (Å²) in [5.74, 6) is 5.31. The number of fused-ring (bicyclic) bond motifs is 9. The predicted octanol–water partition coefficient (Wildman–Crippen LogP) is 27.5. The first kappa shape index (κ1) is 78.6. The molecule has 6 heterocycles. The van der Waals surface area contributed by atoms with Gasteiger partial charge in [-0.05, 0) is 260 Å². The molecule has 0 atom stereocenters. The highest BCUT2D eigenvalue weighted by molar-refractivity contribution is 5.89. The Bertz CT molecular complexity index is 5450. The average molecular weight is 1570 g/mol. The van der Waals surface area contributed by atoms with Gasteiger partial charge in [0.05, 0.1) is 70.1 Å². The van der Waals surface area contributed by atoms with E-state index in [1.807, 2.05) is 30.7 Å². The highest BCUT2D eigenvalue weighted by Gasteiger charge is 2.75. The van der Waals surface area contributed by atoms with Crippen molar-refractivity contribution in [1.82, 2.24) is 34.9 Å². The summed E-state index contributed by atoms with van der Waals surface area (Å²) in [5.41, 5.74) is 25.4. The summed E-state index contributed by atoms with van der Waals surface area (Å²) >= 11 is 0. The number of carbonyl (C=O) groups is 1. The Morgan fingerprint density at radius 3 is 1.33 bits per heavy atom. The van der Waals surface area contributed by atoms with E-state index in [2.05, 4.69) is 204 Å². The number of benzene rings is 4. The fourth-order valence-corrected chi connectivity index (χ4v) is 28.3. The van der Waals surface area contributed by atoms with Crippen LogP contribution < -0.4 is 4.74 Å². The Balaban J connectivity index is 0.582. The molecule has 6 bridgehead atoms. The summed E-state index contributed by atoms with van der Waals surface area (Å²) in [7, 11) is 0. The second-order valence-corrected chi connectivity index (χ2v) is 40.3. The summed E-state index contributed by atoms with van der Waals surface area (Å²) < 4.78 is 18.1. The van der Waals surface area contributed by atoms with Crippen LogP contribution in [-0.4, -0.2) is 54.1 Å². The molecule has 0 amide bonds. The minimum Gasteiger partial charge on any atom is -0.494 e. The molecule has 0 unspecified atom stereocenters.